The molecule has 0 bridgehead atoms. The summed E-state index contributed by atoms with van der Waals surface area (Å²) in [6.45, 7) is 0. The van der Waals surface area contributed by atoms with Gasteiger partial charge in [-0.3, -0.25) is 0 Å². The molecule has 0 saturated heterocycles. The molecule has 4 heteroatoms. The maximum Gasteiger partial charge on any atom is 0.164 e. The number of hydrogen-bond acceptors (Lipinski definition) is 4. The molecule has 3 aliphatic carbocycles. The molecule has 1 atom stereocenters. The lowest BCUT2D eigenvalue weighted by atomic mass is 9.86. The third-order valence-electron chi connectivity index (χ3n) is 12.0. The van der Waals surface area contributed by atoms with Gasteiger partial charge in [0, 0.05) is 33.4 Å². The van der Waals surface area contributed by atoms with Crippen LogP contribution in [0.3, 0.4) is 0 Å². The van der Waals surface area contributed by atoms with Crippen molar-refractivity contribution in [1.82, 2.24) is 15.0 Å². The molecule has 0 radical (unpaired) electrons. The standard InChI is InChI=1S/C55H41N3O/c1-4-12-36(13-5-1)38-20-22-39(23-21-38)40-24-28-43(29-25-40)54-56-53(42-16-8-3-9-17-42)57-55(58-54)49-33-32-47(52-51(49)48-18-10-11-19-50(48)59-52)45-31-27-41-26-30-44(34-46(41)35-45)37-14-6-2-7-15-37/h2-4,6-16,18-26,28-30,32-35,42H,1,5,17,27,31H2. The van der Waals surface area contributed by atoms with Gasteiger partial charge in [-0.2, -0.15) is 0 Å². The Morgan fingerprint density at radius 3 is 2.08 bits per heavy atom. The van der Waals surface area contributed by atoms with Crippen molar-refractivity contribution in [3.63, 3.8) is 0 Å². The molecule has 0 fully saturated rings. The van der Waals surface area contributed by atoms with Crippen LogP contribution in [0.5, 0.6) is 0 Å². The van der Waals surface area contributed by atoms with E-state index in [1.807, 2.05) is 6.07 Å². The first-order valence-electron chi connectivity index (χ1n) is 20.7. The summed E-state index contributed by atoms with van der Waals surface area (Å²) in [7, 11) is 0. The van der Waals surface area contributed by atoms with Gasteiger partial charge in [0.25, 0.3) is 0 Å². The molecule has 0 N–H and O–H groups in total. The fraction of sp³-hybridized carbons (Fsp3) is 0.109. The molecule has 0 saturated carbocycles. The van der Waals surface area contributed by atoms with Gasteiger partial charge >= 0.3 is 0 Å². The highest BCUT2D eigenvalue weighted by Crippen LogP contribution is 2.43. The second kappa shape index (κ2) is 15.0. The molecule has 11 rings (SSSR count). The molecule has 3 aliphatic rings. The highest BCUT2D eigenvalue weighted by atomic mass is 16.3. The predicted molar refractivity (Wildman–Crippen MR) is 243 cm³/mol. The number of aromatic nitrogens is 3. The Morgan fingerprint density at radius 1 is 0.559 bits per heavy atom. The van der Waals surface area contributed by atoms with Gasteiger partial charge in [-0.25, -0.2) is 15.0 Å². The number of rotatable bonds is 7. The summed E-state index contributed by atoms with van der Waals surface area (Å²) in [5, 5.41) is 2.08. The summed E-state index contributed by atoms with van der Waals surface area (Å²) >= 11 is 0. The first kappa shape index (κ1) is 35.0. The lowest BCUT2D eigenvalue weighted by Gasteiger charge is -2.19. The maximum atomic E-state index is 6.80. The van der Waals surface area contributed by atoms with E-state index in [2.05, 4.69) is 176 Å². The number of benzene rings is 6. The van der Waals surface area contributed by atoms with Gasteiger partial charge in [0.1, 0.15) is 17.0 Å². The maximum absolute atomic E-state index is 6.80. The highest BCUT2D eigenvalue weighted by molar-refractivity contribution is 6.15. The van der Waals surface area contributed by atoms with Crippen molar-refractivity contribution in [2.24, 2.45) is 0 Å². The largest absolute Gasteiger partial charge is 0.455 e. The summed E-state index contributed by atoms with van der Waals surface area (Å²) < 4.78 is 6.80. The molecular weight excluding hydrogens is 719 g/mol. The Bertz CT molecular complexity index is 3050. The third-order valence-corrected chi connectivity index (χ3v) is 12.0. The van der Waals surface area contributed by atoms with Crippen LogP contribution in [0.4, 0.5) is 0 Å². The van der Waals surface area contributed by atoms with E-state index in [4.69, 9.17) is 19.4 Å². The Balaban J connectivity index is 1.00. The molecule has 0 spiro atoms. The van der Waals surface area contributed by atoms with Crippen molar-refractivity contribution >= 4 is 39.2 Å². The molecule has 59 heavy (non-hydrogen) atoms. The first-order valence-corrected chi connectivity index (χ1v) is 20.7. The quantitative estimate of drug-likeness (QED) is 0.162. The topological polar surface area (TPSA) is 51.8 Å². The fourth-order valence-corrected chi connectivity index (χ4v) is 8.85. The van der Waals surface area contributed by atoms with Crippen molar-refractivity contribution in [3.05, 3.63) is 204 Å². The summed E-state index contributed by atoms with van der Waals surface area (Å²) in [5.41, 5.74) is 16.0. The second-order valence-electron chi connectivity index (χ2n) is 15.7. The van der Waals surface area contributed by atoms with E-state index in [-0.39, 0.29) is 5.92 Å². The van der Waals surface area contributed by atoms with Gasteiger partial charge in [0.05, 0.1) is 0 Å². The second-order valence-corrected chi connectivity index (χ2v) is 15.7. The number of allylic oxidation sites excluding steroid dienone is 9. The molecule has 2 aromatic heterocycles. The number of furan rings is 1. The molecule has 0 amide bonds. The number of fused-ring (bicyclic) bond motifs is 4. The zero-order chi connectivity index (χ0) is 39.1. The van der Waals surface area contributed by atoms with Crippen LogP contribution < -0.4 is 0 Å². The monoisotopic (exact) mass is 759 g/mol. The highest BCUT2D eigenvalue weighted by Gasteiger charge is 2.24. The van der Waals surface area contributed by atoms with E-state index in [1.165, 1.54) is 44.5 Å². The van der Waals surface area contributed by atoms with Crippen LogP contribution in [0.15, 0.2) is 180 Å². The van der Waals surface area contributed by atoms with E-state index in [0.29, 0.717) is 11.6 Å². The molecule has 0 aliphatic heterocycles. The number of aryl methyl sites for hydroxylation is 1. The lowest BCUT2D eigenvalue weighted by molar-refractivity contribution is 0.667. The van der Waals surface area contributed by atoms with Crippen molar-refractivity contribution in [2.75, 3.05) is 0 Å². The average Bonchev–Trinajstić information content (AvgIpc) is 3.72. The SMILES string of the molecule is C1=CCC(c2nc(-c3ccc(-c4ccc(C5=CCCC=C5)cc4)cc3)nc(-c3ccc(C4=Cc5cc(-c6ccccc6)ccc5CC4)c4oc5ccccc5c34)n2)C=C1. The molecule has 2 heterocycles. The van der Waals surface area contributed by atoms with Gasteiger partial charge in [0.15, 0.2) is 11.6 Å². The zero-order valence-electron chi connectivity index (χ0n) is 32.7. The minimum atomic E-state index is 0.0523. The molecule has 4 nitrogen and oxygen atoms in total. The van der Waals surface area contributed by atoms with Crippen LogP contribution in [0, 0.1) is 0 Å². The summed E-state index contributed by atoms with van der Waals surface area (Å²) in [6, 6.07) is 47.7. The van der Waals surface area contributed by atoms with Crippen LogP contribution in [0.2, 0.25) is 0 Å². The van der Waals surface area contributed by atoms with Gasteiger partial charge in [-0.1, -0.05) is 164 Å². The van der Waals surface area contributed by atoms with Crippen LogP contribution in [-0.4, -0.2) is 15.0 Å². The average molecular weight is 760 g/mol. The van der Waals surface area contributed by atoms with Crippen LogP contribution in [-0.2, 0) is 6.42 Å². The molecule has 282 valence electrons. The summed E-state index contributed by atoms with van der Waals surface area (Å²) in [4.78, 5) is 15.6. The van der Waals surface area contributed by atoms with E-state index in [1.54, 1.807) is 0 Å². The summed E-state index contributed by atoms with van der Waals surface area (Å²) in [6.07, 6.45) is 22.7. The van der Waals surface area contributed by atoms with E-state index < -0.39 is 0 Å². The fourth-order valence-electron chi connectivity index (χ4n) is 8.85. The van der Waals surface area contributed by atoms with Gasteiger partial charge < -0.3 is 4.42 Å². The van der Waals surface area contributed by atoms with E-state index in [9.17, 15) is 0 Å². The van der Waals surface area contributed by atoms with Gasteiger partial charge in [-0.15, -0.1) is 0 Å². The minimum absolute atomic E-state index is 0.0523. The number of hydrogen-bond donors (Lipinski definition) is 0. The van der Waals surface area contributed by atoms with Crippen molar-refractivity contribution < 1.29 is 4.42 Å². The lowest BCUT2D eigenvalue weighted by Crippen LogP contribution is -2.08. The molecular formula is C55H41N3O. The van der Waals surface area contributed by atoms with Gasteiger partial charge in [-0.05, 0) is 100 Å². The predicted octanol–water partition coefficient (Wildman–Crippen LogP) is 14.3. The van der Waals surface area contributed by atoms with Gasteiger partial charge in [0.2, 0.25) is 0 Å². The van der Waals surface area contributed by atoms with Crippen molar-refractivity contribution in [2.45, 2.75) is 38.0 Å². The van der Waals surface area contributed by atoms with E-state index >= 15 is 0 Å². The van der Waals surface area contributed by atoms with Crippen molar-refractivity contribution in [3.8, 4) is 45.0 Å². The molecule has 8 aromatic rings. The third kappa shape index (κ3) is 6.67. The van der Waals surface area contributed by atoms with E-state index in [0.717, 1.165) is 82.1 Å². The molecule has 6 aromatic carbocycles. The Labute approximate surface area is 344 Å². The van der Waals surface area contributed by atoms with Crippen LogP contribution in [0.25, 0.3) is 84.2 Å². The number of nitrogens with zero attached hydrogens (tertiary/aromatic N) is 3. The van der Waals surface area contributed by atoms with Crippen molar-refractivity contribution in [1.29, 1.82) is 0 Å². The first-order chi connectivity index (χ1) is 29.2. The Morgan fingerprint density at radius 2 is 1.29 bits per heavy atom. The smallest absolute Gasteiger partial charge is 0.164 e. The minimum Gasteiger partial charge on any atom is -0.455 e. The zero-order valence-corrected chi connectivity index (χ0v) is 32.7. The number of para-hydroxylation sites is 1. The van der Waals surface area contributed by atoms with Crippen LogP contribution >= 0.6 is 0 Å². The normalized spacial score (nSPS) is 16.0. The Hall–Kier alpha value is -7.17. The Kier molecular flexibility index (Phi) is 8.89. The van der Waals surface area contributed by atoms with Crippen LogP contribution in [0.1, 0.15) is 59.7 Å². The summed E-state index contributed by atoms with van der Waals surface area (Å²) in [5.74, 6) is 2.13. The molecule has 1 unspecified atom stereocenters.